The molecule has 4 radical (unpaired) electrons. The second-order valence-corrected chi connectivity index (χ2v) is 8.36. The van der Waals surface area contributed by atoms with Crippen LogP contribution in [0, 0.1) is 25.7 Å². The van der Waals surface area contributed by atoms with Gasteiger partial charge in [0.05, 0.1) is 0 Å². The zero-order chi connectivity index (χ0) is 25.6. The van der Waals surface area contributed by atoms with E-state index in [1.807, 2.05) is 0 Å². The fourth-order valence-electron chi connectivity index (χ4n) is 2.73. The van der Waals surface area contributed by atoms with Gasteiger partial charge in [0.2, 0.25) is 0 Å². The van der Waals surface area contributed by atoms with Gasteiger partial charge in [-0.25, -0.2) is 0 Å². The monoisotopic (exact) mass is 576 g/mol. The molecule has 0 aromatic heterocycles. The van der Waals surface area contributed by atoms with Crippen LogP contribution < -0.4 is 10.2 Å². The summed E-state index contributed by atoms with van der Waals surface area (Å²) in [5.74, 6) is -0.652. The number of carbonyl (C=O) groups is 2. The Morgan fingerprint density at radius 2 is 0.879 bits per heavy atom. The molecule has 0 saturated heterocycles. The second-order valence-electron chi connectivity index (χ2n) is 8.36. The van der Waals surface area contributed by atoms with E-state index in [0.717, 1.165) is 38.5 Å². The molecule has 2 unspecified atom stereocenters. The van der Waals surface area contributed by atoms with Gasteiger partial charge in [-0.3, -0.25) is 0 Å². The van der Waals surface area contributed by atoms with Crippen LogP contribution in [0.15, 0.2) is 0 Å². The van der Waals surface area contributed by atoms with Crippen molar-refractivity contribution in [1.82, 2.24) is 0 Å². The van der Waals surface area contributed by atoms with Crippen molar-refractivity contribution in [3.63, 3.8) is 0 Å². The maximum atomic E-state index is 10.2. The van der Waals surface area contributed by atoms with E-state index in [9.17, 15) is 19.8 Å². The van der Waals surface area contributed by atoms with Crippen molar-refractivity contribution in [3.8, 4) is 0 Å². The molecule has 0 aliphatic heterocycles. The van der Waals surface area contributed by atoms with Crippen LogP contribution in [0.25, 0.3) is 0 Å². The minimum Gasteiger partial charge on any atom is -0.550 e. The summed E-state index contributed by atoms with van der Waals surface area (Å²) in [7, 11) is 0. The molecule has 0 N–H and O–H groups in total. The molecule has 0 amide bonds. The molecular formula is C28H56O4Sn. The first-order valence-corrected chi connectivity index (χ1v) is 13.2. The average molecular weight is 575 g/mol. The van der Waals surface area contributed by atoms with Gasteiger partial charge in [0.25, 0.3) is 0 Å². The van der Waals surface area contributed by atoms with Crippen LogP contribution in [0.3, 0.4) is 0 Å². The normalized spacial score (nSPS) is 11.2. The van der Waals surface area contributed by atoms with Crippen LogP contribution in [-0.2, 0) is 9.59 Å². The number of carbonyl (C=O) groups excluding carboxylic acids is 2. The van der Waals surface area contributed by atoms with Crippen molar-refractivity contribution in [2.75, 3.05) is 0 Å². The van der Waals surface area contributed by atoms with Crippen molar-refractivity contribution in [2.24, 2.45) is 11.8 Å². The third-order valence-corrected chi connectivity index (χ3v) is 5.31. The van der Waals surface area contributed by atoms with Crippen LogP contribution in [-0.4, -0.2) is 35.8 Å². The van der Waals surface area contributed by atoms with Gasteiger partial charge in [0, 0.05) is 11.9 Å². The van der Waals surface area contributed by atoms with E-state index in [1.165, 1.54) is 51.4 Å². The van der Waals surface area contributed by atoms with Gasteiger partial charge in [-0.05, 0) is 37.5 Å². The second kappa shape index (κ2) is 39.0. The molecule has 0 bridgehead atoms. The molecule has 4 nitrogen and oxygen atoms in total. The van der Waals surface area contributed by atoms with E-state index in [4.69, 9.17) is 0 Å². The Kier molecular flexibility index (Phi) is 50.6. The fourth-order valence-corrected chi connectivity index (χ4v) is 2.73. The van der Waals surface area contributed by atoms with Crippen LogP contribution in [0.5, 0.6) is 0 Å². The summed E-state index contributed by atoms with van der Waals surface area (Å²) < 4.78 is 0. The predicted octanol–water partition coefficient (Wildman–Crippen LogP) is 6.33. The molecule has 0 saturated carbocycles. The molecule has 33 heavy (non-hydrogen) atoms. The summed E-state index contributed by atoms with van der Waals surface area (Å²) in [6.45, 7) is 20.0. The van der Waals surface area contributed by atoms with Crippen LogP contribution >= 0.6 is 0 Å². The molecule has 0 aliphatic carbocycles. The summed E-state index contributed by atoms with van der Waals surface area (Å²) in [5, 5.41) is 20.4. The molecule has 0 rings (SSSR count). The zero-order valence-electron chi connectivity index (χ0n) is 23.0. The smallest absolute Gasteiger partial charge is 0.550 e. The number of carboxylic acids is 2. The first-order chi connectivity index (χ1) is 15.2. The molecule has 0 aromatic carbocycles. The van der Waals surface area contributed by atoms with Crippen molar-refractivity contribution in [1.29, 1.82) is 0 Å². The van der Waals surface area contributed by atoms with Gasteiger partial charge in [-0.2, -0.15) is 0 Å². The van der Waals surface area contributed by atoms with Crippen molar-refractivity contribution in [2.45, 2.75) is 144 Å². The SMILES string of the molecule is CCCCC(CC)CCC(=O)[O-].CCCCC(CC)CCC(=O)[O-].[CH2]CCC.[CH2]CCC.[Sn+2]. The quantitative estimate of drug-likeness (QED) is 0.202. The molecule has 0 heterocycles. The van der Waals surface area contributed by atoms with E-state index in [1.54, 1.807) is 0 Å². The Hall–Kier alpha value is -0.261. The summed E-state index contributed by atoms with van der Waals surface area (Å²) >= 11 is 0. The summed E-state index contributed by atoms with van der Waals surface area (Å²) in [5.41, 5.74) is 0. The topological polar surface area (TPSA) is 80.3 Å². The Morgan fingerprint density at radius 1 is 0.606 bits per heavy atom. The standard InChI is InChI=1S/2C10H20O2.2C4H9.Sn/c2*1-3-5-6-9(4-2)7-8-10(11)12;2*1-3-4-2;/h2*9H,3-8H2,1-2H3,(H,11,12);2*1,3-4H2,2H3;/q;;;;+2/p-2. The Balaban J connectivity index is -0.000000117. The van der Waals surface area contributed by atoms with E-state index in [2.05, 4.69) is 55.4 Å². The largest absolute Gasteiger partial charge is 2.00 e. The van der Waals surface area contributed by atoms with Gasteiger partial charge in [-0.1, -0.05) is 132 Å². The number of hydrogen-bond acceptors (Lipinski definition) is 4. The van der Waals surface area contributed by atoms with Gasteiger partial charge in [0.15, 0.2) is 0 Å². The maximum absolute atomic E-state index is 10.2. The molecule has 0 aliphatic rings. The number of carboxylic acid groups (broad SMARTS) is 2. The molecule has 5 heteroatoms. The number of aliphatic carboxylic acids is 2. The molecule has 0 aromatic rings. The first-order valence-electron chi connectivity index (χ1n) is 13.2. The minimum absolute atomic E-state index is 0. The minimum atomic E-state index is -0.912. The summed E-state index contributed by atoms with van der Waals surface area (Å²) in [6.07, 6.45) is 15.9. The Morgan fingerprint density at radius 3 is 1.03 bits per heavy atom. The number of hydrogen-bond donors (Lipinski definition) is 0. The van der Waals surface area contributed by atoms with Crippen molar-refractivity contribution < 1.29 is 19.8 Å². The molecule has 0 spiro atoms. The summed E-state index contributed by atoms with van der Waals surface area (Å²) in [4.78, 5) is 20.4. The Labute approximate surface area is 225 Å². The van der Waals surface area contributed by atoms with Crippen LogP contribution in [0.2, 0.25) is 0 Å². The maximum Gasteiger partial charge on any atom is 2.00 e. The van der Waals surface area contributed by atoms with Gasteiger partial charge in [0.1, 0.15) is 0 Å². The van der Waals surface area contributed by atoms with Gasteiger partial charge in [-0.15, -0.1) is 0 Å². The van der Waals surface area contributed by atoms with Crippen molar-refractivity contribution >= 4 is 35.8 Å². The van der Waals surface area contributed by atoms with E-state index >= 15 is 0 Å². The molecule has 0 fully saturated rings. The van der Waals surface area contributed by atoms with E-state index < -0.39 is 11.9 Å². The van der Waals surface area contributed by atoms with Crippen LogP contribution in [0.1, 0.15) is 144 Å². The average Bonchev–Trinajstić information content (AvgIpc) is 2.79. The third-order valence-electron chi connectivity index (χ3n) is 5.31. The fraction of sp³-hybridized carbons (Fsp3) is 0.857. The van der Waals surface area contributed by atoms with Crippen molar-refractivity contribution in [3.05, 3.63) is 13.8 Å². The van der Waals surface area contributed by atoms with Gasteiger partial charge >= 0.3 is 23.9 Å². The predicted molar refractivity (Wildman–Crippen MR) is 141 cm³/mol. The van der Waals surface area contributed by atoms with Crippen LogP contribution in [0.4, 0.5) is 0 Å². The Bertz CT molecular complexity index is 324. The first kappa shape index (κ1) is 42.9. The third kappa shape index (κ3) is 49.8. The molecule has 2 atom stereocenters. The van der Waals surface area contributed by atoms with E-state index in [0.29, 0.717) is 11.8 Å². The van der Waals surface area contributed by atoms with Gasteiger partial charge < -0.3 is 19.8 Å². The molecule has 196 valence electrons. The summed E-state index contributed by atoms with van der Waals surface area (Å²) in [6, 6.07) is 0. The number of unbranched alkanes of at least 4 members (excludes halogenated alkanes) is 4. The number of rotatable bonds is 16. The van der Waals surface area contributed by atoms with E-state index in [-0.39, 0.29) is 36.7 Å². The molecular weight excluding hydrogens is 519 g/mol. The zero-order valence-corrected chi connectivity index (χ0v) is 25.9.